The van der Waals surface area contributed by atoms with E-state index in [0.29, 0.717) is 11.1 Å². The average molecular weight is 199 g/mol. The number of rotatable bonds is 3. The molecule has 1 heterocycles. The van der Waals surface area contributed by atoms with Crippen LogP contribution in [0.5, 0.6) is 5.88 Å². The highest BCUT2D eigenvalue weighted by molar-refractivity contribution is 7.99. The molecule has 13 heavy (non-hydrogen) atoms. The van der Waals surface area contributed by atoms with Crippen molar-refractivity contribution >= 4 is 17.7 Å². The number of hydrogen-bond donors (Lipinski definition) is 1. The molecule has 0 aromatic carbocycles. The van der Waals surface area contributed by atoms with Crippen molar-refractivity contribution in [1.82, 2.24) is 9.97 Å². The molecule has 0 amide bonds. The molecule has 5 heteroatoms. The summed E-state index contributed by atoms with van der Waals surface area (Å²) in [6, 6.07) is 1.78. The van der Waals surface area contributed by atoms with Crippen molar-refractivity contribution in [3.63, 3.8) is 0 Å². The Balaban J connectivity index is 2.88. The first kappa shape index (κ1) is 10.1. The summed E-state index contributed by atoms with van der Waals surface area (Å²) >= 11 is 1.63. The highest BCUT2D eigenvalue weighted by Gasteiger charge is 2.04. The van der Waals surface area contributed by atoms with Crippen molar-refractivity contribution in [2.75, 3.05) is 12.8 Å². The van der Waals surface area contributed by atoms with Gasteiger partial charge in [-0.1, -0.05) is 13.8 Å². The van der Waals surface area contributed by atoms with Crippen LogP contribution in [0.15, 0.2) is 11.1 Å². The zero-order valence-electron chi connectivity index (χ0n) is 7.94. The maximum absolute atomic E-state index is 5.50. The minimum atomic E-state index is 0.252. The Morgan fingerprint density at radius 2 is 2.15 bits per heavy atom. The van der Waals surface area contributed by atoms with Gasteiger partial charge in [0.25, 0.3) is 0 Å². The molecule has 1 rings (SSSR count). The topological polar surface area (TPSA) is 61.0 Å². The van der Waals surface area contributed by atoms with Gasteiger partial charge in [-0.05, 0) is 0 Å². The molecule has 4 nitrogen and oxygen atoms in total. The van der Waals surface area contributed by atoms with Crippen LogP contribution < -0.4 is 10.5 Å². The van der Waals surface area contributed by atoms with Gasteiger partial charge in [-0.2, -0.15) is 4.98 Å². The Kier molecular flexibility index (Phi) is 3.36. The maximum atomic E-state index is 5.50. The Hall–Kier alpha value is -0.970. The van der Waals surface area contributed by atoms with E-state index in [1.54, 1.807) is 24.9 Å². The largest absolute Gasteiger partial charge is 0.481 e. The molecule has 0 atom stereocenters. The molecule has 0 aliphatic rings. The molecule has 0 aliphatic heterocycles. The van der Waals surface area contributed by atoms with Crippen molar-refractivity contribution in [3.05, 3.63) is 6.07 Å². The summed E-state index contributed by atoms with van der Waals surface area (Å²) in [5, 5.41) is 1.32. The SMILES string of the molecule is COc1cc(SC(C)C)nc(N)n1. The zero-order valence-corrected chi connectivity index (χ0v) is 8.76. The summed E-state index contributed by atoms with van der Waals surface area (Å²) in [4.78, 5) is 7.96. The Labute approximate surface area is 81.9 Å². The van der Waals surface area contributed by atoms with E-state index in [1.807, 2.05) is 0 Å². The number of nitrogens with two attached hydrogens (primary N) is 1. The van der Waals surface area contributed by atoms with Crippen molar-refractivity contribution < 1.29 is 4.74 Å². The predicted octanol–water partition coefficient (Wildman–Crippen LogP) is 1.57. The molecule has 0 fully saturated rings. The van der Waals surface area contributed by atoms with Gasteiger partial charge in [-0.3, -0.25) is 0 Å². The number of hydrogen-bond acceptors (Lipinski definition) is 5. The Morgan fingerprint density at radius 3 is 2.69 bits per heavy atom. The van der Waals surface area contributed by atoms with Gasteiger partial charge < -0.3 is 10.5 Å². The van der Waals surface area contributed by atoms with Gasteiger partial charge in [0.15, 0.2) is 0 Å². The smallest absolute Gasteiger partial charge is 0.224 e. The second-order valence-electron chi connectivity index (χ2n) is 2.77. The lowest BCUT2D eigenvalue weighted by Crippen LogP contribution is -1.99. The summed E-state index contributed by atoms with van der Waals surface area (Å²) in [6.07, 6.45) is 0. The molecule has 2 N–H and O–H groups in total. The van der Waals surface area contributed by atoms with E-state index in [1.165, 1.54) is 0 Å². The first-order valence-corrected chi connectivity index (χ1v) is 4.85. The Bertz CT molecular complexity index is 291. The minimum Gasteiger partial charge on any atom is -0.481 e. The number of nitrogen functional groups attached to an aromatic ring is 1. The van der Waals surface area contributed by atoms with Crippen molar-refractivity contribution in [1.29, 1.82) is 0 Å². The molecule has 1 aromatic heterocycles. The van der Waals surface area contributed by atoms with Crippen LogP contribution in [0.4, 0.5) is 5.95 Å². The third-order valence-corrected chi connectivity index (χ3v) is 2.18. The molecular weight excluding hydrogens is 186 g/mol. The number of anilines is 1. The van der Waals surface area contributed by atoms with E-state index in [0.717, 1.165) is 5.03 Å². The third kappa shape index (κ3) is 3.10. The number of methoxy groups -OCH3 is 1. The van der Waals surface area contributed by atoms with E-state index < -0.39 is 0 Å². The van der Waals surface area contributed by atoms with Gasteiger partial charge in [0.1, 0.15) is 5.03 Å². The van der Waals surface area contributed by atoms with Gasteiger partial charge in [0.2, 0.25) is 11.8 Å². The van der Waals surface area contributed by atoms with E-state index in [4.69, 9.17) is 10.5 Å². The summed E-state index contributed by atoms with van der Waals surface area (Å²) in [5.74, 6) is 0.762. The number of thioether (sulfide) groups is 1. The van der Waals surface area contributed by atoms with Crippen LogP contribution in [0.3, 0.4) is 0 Å². The first-order valence-electron chi connectivity index (χ1n) is 3.97. The molecule has 0 aliphatic carbocycles. The Morgan fingerprint density at radius 1 is 1.46 bits per heavy atom. The number of ether oxygens (including phenoxy) is 1. The molecule has 72 valence electrons. The van der Waals surface area contributed by atoms with Crippen LogP contribution in [0.2, 0.25) is 0 Å². The fraction of sp³-hybridized carbons (Fsp3) is 0.500. The second-order valence-corrected chi connectivity index (χ2v) is 4.37. The van der Waals surface area contributed by atoms with Crippen LogP contribution in [0.1, 0.15) is 13.8 Å². The molecule has 0 saturated carbocycles. The summed E-state index contributed by atoms with van der Waals surface area (Å²) < 4.78 is 4.97. The lowest BCUT2D eigenvalue weighted by Gasteiger charge is -2.05. The predicted molar refractivity (Wildman–Crippen MR) is 54.0 cm³/mol. The molecule has 0 spiro atoms. The van der Waals surface area contributed by atoms with E-state index in [-0.39, 0.29) is 5.95 Å². The van der Waals surface area contributed by atoms with Crippen LogP contribution >= 0.6 is 11.8 Å². The number of nitrogens with zero attached hydrogens (tertiary/aromatic N) is 2. The normalized spacial score (nSPS) is 10.5. The number of aromatic nitrogens is 2. The molecular formula is C8H13N3OS. The van der Waals surface area contributed by atoms with Crippen LogP contribution in [-0.2, 0) is 0 Å². The van der Waals surface area contributed by atoms with Gasteiger partial charge in [-0.15, -0.1) is 11.8 Å². The van der Waals surface area contributed by atoms with Crippen LogP contribution in [0, 0.1) is 0 Å². The second kappa shape index (κ2) is 4.32. The summed E-state index contributed by atoms with van der Waals surface area (Å²) in [6.45, 7) is 4.19. The minimum absolute atomic E-state index is 0.252. The van der Waals surface area contributed by atoms with Crippen molar-refractivity contribution in [3.8, 4) is 5.88 Å². The van der Waals surface area contributed by atoms with Gasteiger partial charge in [0.05, 0.1) is 7.11 Å². The van der Waals surface area contributed by atoms with Crippen LogP contribution in [-0.4, -0.2) is 22.3 Å². The molecule has 0 saturated heterocycles. The van der Waals surface area contributed by atoms with Gasteiger partial charge in [-0.25, -0.2) is 4.98 Å². The van der Waals surface area contributed by atoms with E-state index in [9.17, 15) is 0 Å². The highest BCUT2D eigenvalue weighted by Crippen LogP contribution is 2.23. The lowest BCUT2D eigenvalue weighted by atomic mass is 10.6. The molecule has 1 aromatic rings. The lowest BCUT2D eigenvalue weighted by molar-refractivity contribution is 0.396. The third-order valence-electron chi connectivity index (χ3n) is 1.26. The van der Waals surface area contributed by atoms with Gasteiger partial charge >= 0.3 is 0 Å². The van der Waals surface area contributed by atoms with E-state index in [2.05, 4.69) is 23.8 Å². The van der Waals surface area contributed by atoms with Crippen molar-refractivity contribution in [2.24, 2.45) is 0 Å². The monoisotopic (exact) mass is 199 g/mol. The first-order chi connectivity index (χ1) is 6.11. The average Bonchev–Trinajstić information content (AvgIpc) is 2.01. The zero-order chi connectivity index (χ0) is 9.84. The highest BCUT2D eigenvalue weighted by atomic mass is 32.2. The maximum Gasteiger partial charge on any atom is 0.224 e. The quantitative estimate of drug-likeness (QED) is 0.591. The summed E-state index contributed by atoms with van der Waals surface area (Å²) in [5.41, 5.74) is 5.50. The molecule has 0 bridgehead atoms. The fourth-order valence-electron chi connectivity index (χ4n) is 0.827. The molecule has 0 unspecified atom stereocenters. The van der Waals surface area contributed by atoms with Crippen molar-refractivity contribution in [2.45, 2.75) is 24.1 Å². The molecule has 0 radical (unpaired) electrons. The fourth-order valence-corrected chi connectivity index (χ4v) is 1.63. The van der Waals surface area contributed by atoms with Gasteiger partial charge in [0, 0.05) is 11.3 Å². The standard InChI is InChI=1S/C8H13N3OS/c1-5(2)13-7-4-6(12-3)10-8(9)11-7/h4-5H,1-3H3,(H2,9,10,11). The van der Waals surface area contributed by atoms with Crippen LogP contribution in [0.25, 0.3) is 0 Å². The van der Waals surface area contributed by atoms with E-state index >= 15 is 0 Å². The summed E-state index contributed by atoms with van der Waals surface area (Å²) in [7, 11) is 1.56.